The van der Waals surface area contributed by atoms with Gasteiger partial charge in [-0.25, -0.2) is 0 Å². The maximum atomic E-state index is 6.12. The standard InChI is InChI=1S/C12H14ClN3O/c1-3-17-11-5-4-8(6-9(11)13)10-7-12(14-2)16-15-10/h4-7H,3H2,1-2H3,(H2,14,15,16). The van der Waals surface area contributed by atoms with Gasteiger partial charge in [-0.05, 0) is 25.1 Å². The van der Waals surface area contributed by atoms with Crippen LogP contribution in [-0.4, -0.2) is 23.9 Å². The second kappa shape index (κ2) is 5.10. The lowest BCUT2D eigenvalue weighted by molar-refractivity contribution is 0.340. The maximum absolute atomic E-state index is 6.12. The Morgan fingerprint density at radius 1 is 1.41 bits per heavy atom. The monoisotopic (exact) mass is 251 g/mol. The predicted molar refractivity (Wildman–Crippen MR) is 69.7 cm³/mol. The first-order chi connectivity index (χ1) is 8.24. The molecule has 0 unspecified atom stereocenters. The number of nitrogens with one attached hydrogen (secondary N) is 2. The molecule has 1 aromatic carbocycles. The molecule has 0 radical (unpaired) electrons. The molecule has 2 rings (SSSR count). The van der Waals surface area contributed by atoms with E-state index in [2.05, 4.69) is 15.5 Å². The van der Waals surface area contributed by atoms with Crippen molar-refractivity contribution < 1.29 is 4.74 Å². The van der Waals surface area contributed by atoms with Gasteiger partial charge in [0.25, 0.3) is 0 Å². The molecule has 1 heterocycles. The van der Waals surface area contributed by atoms with Crippen LogP contribution in [-0.2, 0) is 0 Å². The minimum atomic E-state index is 0.602. The highest BCUT2D eigenvalue weighted by molar-refractivity contribution is 6.32. The zero-order valence-corrected chi connectivity index (χ0v) is 10.5. The van der Waals surface area contributed by atoms with Gasteiger partial charge in [0.2, 0.25) is 0 Å². The third-order valence-corrected chi connectivity index (χ3v) is 2.67. The number of H-pyrrole nitrogens is 1. The van der Waals surface area contributed by atoms with Crippen LogP contribution in [0.4, 0.5) is 5.82 Å². The van der Waals surface area contributed by atoms with Gasteiger partial charge in [0.1, 0.15) is 11.6 Å². The molecular weight excluding hydrogens is 238 g/mol. The van der Waals surface area contributed by atoms with E-state index in [0.717, 1.165) is 17.1 Å². The number of halogens is 1. The Hall–Kier alpha value is -1.68. The van der Waals surface area contributed by atoms with Crippen molar-refractivity contribution in [2.45, 2.75) is 6.92 Å². The summed E-state index contributed by atoms with van der Waals surface area (Å²) >= 11 is 6.12. The summed E-state index contributed by atoms with van der Waals surface area (Å²) in [6.45, 7) is 2.53. The number of ether oxygens (including phenoxy) is 1. The number of rotatable bonds is 4. The molecule has 0 aliphatic heterocycles. The summed E-state index contributed by atoms with van der Waals surface area (Å²) in [6.07, 6.45) is 0. The van der Waals surface area contributed by atoms with E-state index in [1.54, 1.807) is 0 Å². The molecule has 5 heteroatoms. The summed E-state index contributed by atoms with van der Waals surface area (Å²) < 4.78 is 5.38. The lowest BCUT2D eigenvalue weighted by atomic mass is 10.1. The van der Waals surface area contributed by atoms with E-state index in [4.69, 9.17) is 16.3 Å². The van der Waals surface area contributed by atoms with Crippen LogP contribution in [0.1, 0.15) is 6.92 Å². The first-order valence-electron chi connectivity index (χ1n) is 5.40. The van der Waals surface area contributed by atoms with Crippen molar-refractivity contribution in [2.24, 2.45) is 0 Å². The highest BCUT2D eigenvalue weighted by atomic mass is 35.5. The van der Waals surface area contributed by atoms with Gasteiger partial charge in [0, 0.05) is 18.7 Å². The van der Waals surface area contributed by atoms with Crippen molar-refractivity contribution in [3.05, 3.63) is 29.3 Å². The highest BCUT2D eigenvalue weighted by Gasteiger charge is 2.06. The third kappa shape index (κ3) is 2.53. The van der Waals surface area contributed by atoms with Gasteiger partial charge in [-0.2, -0.15) is 5.10 Å². The molecular formula is C12H14ClN3O. The molecule has 2 N–H and O–H groups in total. The average molecular weight is 252 g/mol. The van der Waals surface area contributed by atoms with Crippen molar-refractivity contribution in [1.29, 1.82) is 0 Å². The topological polar surface area (TPSA) is 49.9 Å². The Kier molecular flexibility index (Phi) is 3.54. The number of hydrogen-bond acceptors (Lipinski definition) is 3. The zero-order valence-electron chi connectivity index (χ0n) is 9.75. The number of nitrogens with zero attached hydrogens (tertiary/aromatic N) is 1. The van der Waals surface area contributed by atoms with E-state index in [0.29, 0.717) is 17.4 Å². The Morgan fingerprint density at radius 3 is 2.82 bits per heavy atom. The van der Waals surface area contributed by atoms with E-state index in [9.17, 15) is 0 Å². The van der Waals surface area contributed by atoms with Gasteiger partial charge in [-0.3, -0.25) is 5.10 Å². The van der Waals surface area contributed by atoms with Gasteiger partial charge in [-0.1, -0.05) is 11.6 Å². The molecule has 0 saturated carbocycles. The molecule has 1 aromatic heterocycles. The van der Waals surface area contributed by atoms with E-state index >= 15 is 0 Å². The molecule has 90 valence electrons. The van der Waals surface area contributed by atoms with Gasteiger partial charge in [0.15, 0.2) is 0 Å². The lowest BCUT2D eigenvalue weighted by Gasteiger charge is -2.06. The van der Waals surface area contributed by atoms with Gasteiger partial charge in [0.05, 0.1) is 17.3 Å². The molecule has 0 spiro atoms. The minimum Gasteiger partial charge on any atom is -0.492 e. The van der Waals surface area contributed by atoms with Crippen LogP contribution in [0.25, 0.3) is 11.3 Å². The minimum absolute atomic E-state index is 0.602. The molecule has 4 nitrogen and oxygen atoms in total. The fourth-order valence-electron chi connectivity index (χ4n) is 1.54. The number of benzene rings is 1. The lowest BCUT2D eigenvalue weighted by Crippen LogP contribution is -1.92. The smallest absolute Gasteiger partial charge is 0.148 e. The van der Waals surface area contributed by atoms with Crippen molar-refractivity contribution in [3.63, 3.8) is 0 Å². The number of aromatic amines is 1. The van der Waals surface area contributed by atoms with Crippen LogP contribution < -0.4 is 10.1 Å². The molecule has 0 bridgehead atoms. The summed E-state index contributed by atoms with van der Waals surface area (Å²) in [5.74, 6) is 1.50. The zero-order chi connectivity index (χ0) is 12.3. The Balaban J connectivity index is 2.30. The highest BCUT2D eigenvalue weighted by Crippen LogP contribution is 2.30. The van der Waals surface area contributed by atoms with E-state index < -0.39 is 0 Å². The van der Waals surface area contributed by atoms with E-state index in [1.165, 1.54) is 0 Å². The summed E-state index contributed by atoms with van der Waals surface area (Å²) in [7, 11) is 1.82. The SMILES string of the molecule is CCOc1ccc(-c2cc(NC)n[nH]2)cc1Cl. The second-order valence-electron chi connectivity index (χ2n) is 3.50. The largest absolute Gasteiger partial charge is 0.492 e. The van der Waals surface area contributed by atoms with Gasteiger partial charge in [-0.15, -0.1) is 0 Å². The number of anilines is 1. The summed E-state index contributed by atoms with van der Waals surface area (Å²) in [5.41, 5.74) is 1.90. The maximum Gasteiger partial charge on any atom is 0.148 e. The second-order valence-corrected chi connectivity index (χ2v) is 3.90. The van der Waals surface area contributed by atoms with Crippen molar-refractivity contribution in [2.75, 3.05) is 19.0 Å². The van der Waals surface area contributed by atoms with Crippen LogP contribution in [0.3, 0.4) is 0 Å². The summed E-state index contributed by atoms with van der Waals surface area (Å²) in [4.78, 5) is 0. The Bertz CT molecular complexity index is 510. The van der Waals surface area contributed by atoms with E-state index in [-0.39, 0.29) is 0 Å². The van der Waals surface area contributed by atoms with Crippen LogP contribution in [0.15, 0.2) is 24.3 Å². The molecule has 17 heavy (non-hydrogen) atoms. The first kappa shape index (κ1) is 11.8. The van der Waals surface area contributed by atoms with Crippen LogP contribution in [0.2, 0.25) is 5.02 Å². The number of hydrogen-bond donors (Lipinski definition) is 2. The summed E-state index contributed by atoms with van der Waals surface area (Å²) in [6, 6.07) is 7.59. The normalized spacial score (nSPS) is 10.3. The van der Waals surface area contributed by atoms with Crippen molar-refractivity contribution in [3.8, 4) is 17.0 Å². The average Bonchev–Trinajstić information content (AvgIpc) is 2.80. The fourth-order valence-corrected chi connectivity index (χ4v) is 1.77. The molecule has 0 saturated heterocycles. The Morgan fingerprint density at radius 2 is 2.24 bits per heavy atom. The molecule has 0 atom stereocenters. The predicted octanol–water partition coefficient (Wildman–Crippen LogP) is 3.17. The van der Waals surface area contributed by atoms with Crippen LogP contribution >= 0.6 is 11.6 Å². The molecule has 0 aliphatic rings. The van der Waals surface area contributed by atoms with E-state index in [1.807, 2.05) is 38.2 Å². The quantitative estimate of drug-likeness (QED) is 0.878. The van der Waals surface area contributed by atoms with Crippen molar-refractivity contribution in [1.82, 2.24) is 10.2 Å². The van der Waals surface area contributed by atoms with Gasteiger partial charge >= 0.3 is 0 Å². The molecule has 2 aromatic rings. The summed E-state index contributed by atoms with van der Waals surface area (Å²) in [5, 5.41) is 10.6. The molecule has 0 amide bonds. The van der Waals surface area contributed by atoms with Gasteiger partial charge < -0.3 is 10.1 Å². The third-order valence-electron chi connectivity index (χ3n) is 2.38. The van der Waals surface area contributed by atoms with Crippen LogP contribution in [0.5, 0.6) is 5.75 Å². The number of aromatic nitrogens is 2. The first-order valence-corrected chi connectivity index (χ1v) is 5.78. The molecule has 0 aliphatic carbocycles. The van der Waals surface area contributed by atoms with Crippen molar-refractivity contribution >= 4 is 17.4 Å². The Labute approximate surface area is 105 Å². The fraction of sp³-hybridized carbons (Fsp3) is 0.250. The molecule has 0 fully saturated rings. The van der Waals surface area contributed by atoms with Crippen LogP contribution in [0, 0.1) is 0 Å².